The minimum absolute atomic E-state index is 0.0348. The predicted octanol–water partition coefficient (Wildman–Crippen LogP) is 5.55. The van der Waals surface area contributed by atoms with E-state index >= 15 is 0 Å². The van der Waals surface area contributed by atoms with Crippen molar-refractivity contribution >= 4 is 51.6 Å². The number of nitrogens with one attached hydrogen (secondary N) is 2. The molecule has 0 saturated carbocycles. The van der Waals surface area contributed by atoms with Crippen molar-refractivity contribution in [3.05, 3.63) is 71.1 Å². The summed E-state index contributed by atoms with van der Waals surface area (Å²) in [4.78, 5) is 20.7. The van der Waals surface area contributed by atoms with Crippen molar-refractivity contribution in [1.82, 2.24) is 19.9 Å². The van der Waals surface area contributed by atoms with Gasteiger partial charge in [-0.15, -0.1) is 0 Å². The zero-order chi connectivity index (χ0) is 25.0. The lowest BCUT2D eigenvalue weighted by Gasteiger charge is -2.16. The molecule has 2 aromatic heterocycles. The maximum absolute atomic E-state index is 12.0. The zero-order valence-corrected chi connectivity index (χ0v) is 20.8. The number of rotatable bonds is 9. The molecule has 2 aromatic carbocycles. The average Bonchev–Trinajstić information content (AvgIpc) is 3.19. The van der Waals surface area contributed by atoms with Crippen LogP contribution in [-0.4, -0.2) is 37.7 Å². The molecule has 0 aliphatic heterocycles. The van der Waals surface area contributed by atoms with Crippen molar-refractivity contribution in [2.45, 2.75) is 32.4 Å². The number of aromatic nitrogens is 3. The first-order chi connectivity index (χ1) is 16.7. The summed E-state index contributed by atoms with van der Waals surface area (Å²) in [6.07, 6.45) is 3.41. The van der Waals surface area contributed by atoms with E-state index in [1.807, 2.05) is 22.9 Å². The molecule has 0 bridgehead atoms. The summed E-state index contributed by atoms with van der Waals surface area (Å²) in [5, 5.41) is 16.9. The molecule has 0 unspecified atom stereocenters. The Kier molecular flexibility index (Phi) is 7.45. The lowest BCUT2D eigenvalue weighted by molar-refractivity contribution is -0.124. The zero-order valence-electron chi connectivity index (χ0n) is 19.3. The van der Waals surface area contributed by atoms with E-state index in [1.54, 1.807) is 50.2 Å². The molecule has 35 heavy (non-hydrogen) atoms. The van der Waals surface area contributed by atoms with Gasteiger partial charge < -0.3 is 25.0 Å². The van der Waals surface area contributed by atoms with Gasteiger partial charge in [0.15, 0.2) is 5.82 Å². The molecule has 1 amide bonds. The number of carbonyl (C=O) groups is 1. The van der Waals surface area contributed by atoms with Gasteiger partial charge in [0.25, 0.3) is 0 Å². The van der Waals surface area contributed by atoms with E-state index in [-0.39, 0.29) is 12.3 Å². The van der Waals surface area contributed by atoms with Crippen molar-refractivity contribution in [2.24, 2.45) is 0 Å². The first kappa shape index (κ1) is 24.8. The average molecular weight is 514 g/mol. The fraction of sp³-hybridized carbons (Fsp3) is 0.240. The maximum Gasteiger partial charge on any atom is 0.222 e. The van der Waals surface area contributed by atoms with Crippen LogP contribution in [-0.2, 0) is 11.3 Å². The van der Waals surface area contributed by atoms with Gasteiger partial charge in [0.2, 0.25) is 5.91 Å². The second kappa shape index (κ2) is 10.5. The minimum Gasteiger partial charge on any atom is -0.456 e. The standard InChI is InChI=1S/C25H25Cl2N5O3/c1-25(2,34)14-22(33)28-9-11-32-10-8-20-23(32)24(30-15-29-20)31-17-6-7-21(19(27)13-17)35-18-5-3-4-16(26)12-18/h3-8,10,12-13,15,34H,9,11,14H2,1-2H3,(H,28,33)(H,29,30,31). The minimum atomic E-state index is -1.05. The van der Waals surface area contributed by atoms with Gasteiger partial charge in [0, 0.05) is 30.0 Å². The monoisotopic (exact) mass is 513 g/mol. The van der Waals surface area contributed by atoms with Gasteiger partial charge in [-0.25, -0.2) is 9.97 Å². The molecule has 8 nitrogen and oxygen atoms in total. The van der Waals surface area contributed by atoms with Crippen LogP contribution in [0.5, 0.6) is 11.5 Å². The van der Waals surface area contributed by atoms with Gasteiger partial charge in [-0.05, 0) is 56.3 Å². The van der Waals surface area contributed by atoms with E-state index in [4.69, 9.17) is 27.9 Å². The topological polar surface area (TPSA) is 101 Å². The summed E-state index contributed by atoms with van der Waals surface area (Å²) in [5.41, 5.74) is 1.22. The van der Waals surface area contributed by atoms with Crippen LogP contribution in [0, 0.1) is 0 Å². The first-order valence-electron chi connectivity index (χ1n) is 11.0. The Morgan fingerprint density at radius 2 is 1.97 bits per heavy atom. The smallest absolute Gasteiger partial charge is 0.222 e. The third-order valence-electron chi connectivity index (χ3n) is 5.04. The Bertz CT molecular complexity index is 1350. The van der Waals surface area contributed by atoms with Crippen LogP contribution < -0.4 is 15.4 Å². The number of hydrogen-bond donors (Lipinski definition) is 3. The molecule has 0 spiro atoms. The number of carbonyl (C=O) groups excluding carboxylic acids is 1. The molecule has 0 saturated heterocycles. The summed E-state index contributed by atoms with van der Waals surface area (Å²) in [5.74, 6) is 1.48. The van der Waals surface area contributed by atoms with Gasteiger partial charge in [0.1, 0.15) is 23.3 Å². The third kappa shape index (κ3) is 6.63. The molecule has 0 radical (unpaired) electrons. The molecule has 0 atom stereocenters. The van der Waals surface area contributed by atoms with Crippen molar-refractivity contribution in [1.29, 1.82) is 0 Å². The Morgan fingerprint density at radius 3 is 2.71 bits per heavy atom. The molecule has 0 aliphatic rings. The molecule has 10 heteroatoms. The van der Waals surface area contributed by atoms with Gasteiger partial charge in [-0.2, -0.15) is 0 Å². The Labute approximate surface area is 212 Å². The van der Waals surface area contributed by atoms with Gasteiger partial charge in [0.05, 0.1) is 22.6 Å². The van der Waals surface area contributed by atoms with Crippen LogP contribution in [0.25, 0.3) is 11.0 Å². The van der Waals surface area contributed by atoms with Gasteiger partial charge in [-0.1, -0.05) is 29.3 Å². The van der Waals surface area contributed by atoms with Gasteiger partial charge in [-0.3, -0.25) is 4.79 Å². The predicted molar refractivity (Wildman–Crippen MR) is 138 cm³/mol. The van der Waals surface area contributed by atoms with E-state index < -0.39 is 5.60 Å². The SMILES string of the molecule is CC(C)(O)CC(=O)NCCn1ccc2ncnc(Nc3ccc(Oc4cccc(Cl)c4)c(Cl)c3)c21. The highest BCUT2D eigenvalue weighted by atomic mass is 35.5. The summed E-state index contributed by atoms with van der Waals surface area (Å²) in [7, 11) is 0. The molecule has 182 valence electrons. The highest BCUT2D eigenvalue weighted by Gasteiger charge is 2.18. The molecule has 4 rings (SSSR count). The normalized spacial score (nSPS) is 11.5. The van der Waals surface area contributed by atoms with E-state index in [1.165, 1.54) is 6.33 Å². The number of hydrogen-bond acceptors (Lipinski definition) is 6. The second-order valence-corrected chi connectivity index (χ2v) is 9.48. The number of amides is 1. The number of nitrogens with zero attached hydrogens (tertiary/aromatic N) is 3. The Balaban J connectivity index is 1.48. The molecule has 2 heterocycles. The van der Waals surface area contributed by atoms with E-state index in [0.29, 0.717) is 40.5 Å². The van der Waals surface area contributed by atoms with E-state index in [9.17, 15) is 9.90 Å². The van der Waals surface area contributed by atoms with E-state index in [0.717, 1.165) is 16.7 Å². The second-order valence-electron chi connectivity index (χ2n) is 8.63. The number of ether oxygens (including phenoxy) is 1. The molecular weight excluding hydrogens is 489 g/mol. The highest BCUT2D eigenvalue weighted by molar-refractivity contribution is 6.32. The van der Waals surface area contributed by atoms with Crippen molar-refractivity contribution in [3.63, 3.8) is 0 Å². The van der Waals surface area contributed by atoms with Crippen molar-refractivity contribution in [3.8, 4) is 11.5 Å². The highest BCUT2D eigenvalue weighted by Crippen LogP contribution is 2.34. The van der Waals surface area contributed by atoms with Crippen LogP contribution in [0.15, 0.2) is 61.1 Å². The maximum atomic E-state index is 12.0. The summed E-state index contributed by atoms with van der Waals surface area (Å²) in [6.45, 7) is 4.11. The van der Waals surface area contributed by atoms with Crippen LogP contribution in [0.2, 0.25) is 10.0 Å². The van der Waals surface area contributed by atoms with Crippen LogP contribution >= 0.6 is 23.2 Å². The van der Waals surface area contributed by atoms with Crippen LogP contribution in [0.3, 0.4) is 0 Å². The van der Waals surface area contributed by atoms with Crippen LogP contribution in [0.4, 0.5) is 11.5 Å². The largest absolute Gasteiger partial charge is 0.456 e. The number of anilines is 2. The van der Waals surface area contributed by atoms with E-state index in [2.05, 4.69) is 20.6 Å². The number of fused-ring (bicyclic) bond motifs is 1. The lowest BCUT2D eigenvalue weighted by Crippen LogP contribution is -2.33. The lowest BCUT2D eigenvalue weighted by atomic mass is 10.1. The number of halogens is 2. The van der Waals surface area contributed by atoms with Crippen molar-refractivity contribution < 1.29 is 14.6 Å². The Morgan fingerprint density at radius 1 is 1.14 bits per heavy atom. The number of benzene rings is 2. The summed E-state index contributed by atoms with van der Waals surface area (Å²) in [6, 6.07) is 14.3. The Hall–Kier alpha value is -3.33. The summed E-state index contributed by atoms with van der Waals surface area (Å²) < 4.78 is 7.80. The molecule has 0 aliphatic carbocycles. The van der Waals surface area contributed by atoms with Crippen LogP contribution in [0.1, 0.15) is 20.3 Å². The molecule has 4 aromatic rings. The molecule has 3 N–H and O–H groups in total. The fourth-order valence-corrected chi connectivity index (χ4v) is 3.94. The number of aliphatic hydroxyl groups is 1. The van der Waals surface area contributed by atoms with Crippen molar-refractivity contribution in [2.75, 3.05) is 11.9 Å². The summed E-state index contributed by atoms with van der Waals surface area (Å²) >= 11 is 12.5. The molecular formula is C25H25Cl2N5O3. The quantitative estimate of drug-likeness (QED) is 0.271. The fourth-order valence-electron chi connectivity index (χ4n) is 3.54. The van der Waals surface area contributed by atoms with Gasteiger partial charge >= 0.3 is 0 Å². The first-order valence-corrected chi connectivity index (χ1v) is 11.7. The molecule has 0 fully saturated rings. The third-order valence-corrected chi connectivity index (χ3v) is 5.57.